The first-order chi connectivity index (χ1) is 8.15. The van der Waals surface area contributed by atoms with Gasteiger partial charge in [0.25, 0.3) is 0 Å². The number of hydrogen-bond acceptors (Lipinski definition) is 2. The summed E-state index contributed by atoms with van der Waals surface area (Å²) in [5, 5.41) is 0. The van der Waals surface area contributed by atoms with E-state index in [1.54, 1.807) is 0 Å². The van der Waals surface area contributed by atoms with Crippen molar-refractivity contribution in [3.8, 4) is 0 Å². The summed E-state index contributed by atoms with van der Waals surface area (Å²) in [4.78, 5) is 0. The lowest BCUT2D eigenvalue weighted by Crippen LogP contribution is -2.39. The van der Waals surface area contributed by atoms with Crippen LogP contribution in [-0.4, -0.2) is 6.04 Å². The number of rotatable bonds is 3. The Bertz CT molecular complexity index is 425. The molecule has 0 aliphatic rings. The van der Waals surface area contributed by atoms with Crippen molar-refractivity contribution in [2.75, 3.05) is 0 Å². The second-order valence-electron chi connectivity index (χ2n) is 4.29. The minimum Gasteiger partial charge on any atom is -0.326 e. The third-order valence-electron chi connectivity index (χ3n) is 3.09. The van der Waals surface area contributed by atoms with Crippen molar-refractivity contribution in [2.24, 2.45) is 5.73 Å². The molecule has 1 nitrogen and oxygen atoms in total. The largest absolute Gasteiger partial charge is 0.326 e. The molecule has 0 spiro atoms. The van der Waals surface area contributed by atoms with E-state index in [1.807, 2.05) is 43.3 Å². The van der Waals surface area contributed by atoms with Crippen LogP contribution >= 0.6 is 12.6 Å². The van der Waals surface area contributed by atoms with Crippen LogP contribution in [0, 0.1) is 0 Å². The maximum Gasteiger partial charge on any atom is 0.0774 e. The quantitative estimate of drug-likeness (QED) is 0.795. The highest BCUT2D eigenvalue weighted by Gasteiger charge is 2.33. The van der Waals surface area contributed by atoms with Crippen molar-refractivity contribution >= 4 is 12.6 Å². The van der Waals surface area contributed by atoms with E-state index >= 15 is 0 Å². The fourth-order valence-electron chi connectivity index (χ4n) is 2.08. The van der Waals surface area contributed by atoms with Crippen molar-refractivity contribution < 1.29 is 0 Å². The Hall–Kier alpha value is -1.25. The second-order valence-corrected chi connectivity index (χ2v) is 4.99. The summed E-state index contributed by atoms with van der Waals surface area (Å²) in [6.07, 6.45) is 0. The highest BCUT2D eigenvalue weighted by atomic mass is 32.1. The number of nitrogens with two attached hydrogens (primary N) is 1. The summed E-state index contributed by atoms with van der Waals surface area (Å²) in [6.45, 7) is 1.99. The highest BCUT2D eigenvalue weighted by Crippen LogP contribution is 2.38. The van der Waals surface area contributed by atoms with Crippen LogP contribution in [0.4, 0.5) is 0 Å². The minimum absolute atomic E-state index is 0.0735. The Labute approximate surface area is 108 Å². The van der Waals surface area contributed by atoms with Gasteiger partial charge in [0.1, 0.15) is 0 Å². The SMILES string of the molecule is CC(N)C(S)(c1ccccc1)c1ccccc1. The molecule has 2 aromatic rings. The maximum absolute atomic E-state index is 6.16. The lowest BCUT2D eigenvalue weighted by Gasteiger charge is -2.33. The molecule has 0 saturated heterocycles. The molecule has 0 radical (unpaired) electrons. The van der Waals surface area contributed by atoms with Gasteiger partial charge in [0.05, 0.1) is 4.75 Å². The summed E-state index contributed by atoms with van der Waals surface area (Å²) in [6, 6.07) is 20.3. The van der Waals surface area contributed by atoms with Crippen molar-refractivity contribution in [3.05, 3.63) is 71.8 Å². The van der Waals surface area contributed by atoms with Gasteiger partial charge in [-0.3, -0.25) is 0 Å². The molecule has 17 heavy (non-hydrogen) atoms. The molecule has 2 aromatic carbocycles. The van der Waals surface area contributed by atoms with Gasteiger partial charge in [-0.25, -0.2) is 0 Å². The number of thiol groups is 1. The molecule has 0 aliphatic heterocycles. The van der Waals surface area contributed by atoms with Gasteiger partial charge in [-0.1, -0.05) is 60.7 Å². The van der Waals surface area contributed by atoms with Crippen molar-refractivity contribution in [1.29, 1.82) is 0 Å². The molecule has 1 unspecified atom stereocenters. The maximum atomic E-state index is 6.16. The van der Waals surface area contributed by atoms with E-state index in [2.05, 4.69) is 24.3 Å². The summed E-state index contributed by atoms with van der Waals surface area (Å²) in [7, 11) is 0. The van der Waals surface area contributed by atoms with E-state index in [4.69, 9.17) is 18.4 Å². The van der Waals surface area contributed by atoms with E-state index < -0.39 is 4.75 Å². The third-order valence-corrected chi connectivity index (χ3v) is 4.01. The van der Waals surface area contributed by atoms with Crippen LogP contribution < -0.4 is 5.73 Å². The molecule has 2 rings (SSSR count). The van der Waals surface area contributed by atoms with Gasteiger partial charge >= 0.3 is 0 Å². The van der Waals surface area contributed by atoms with Crippen molar-refractivity contribution in [3.63, 3.8) is 0 Å². The molecule has 0 aromatic heterocycles. The number of hydrogen-bond donors (Lipinski definition) is 2. The molecule has 1 atom stereocenters. The van der Waals surface area contributed by atoms with Crippen LogP contribution in [0.25, 0.3) is 0 Å². The molecular weight excluding hydrogens is 226 g/mol. The van der Waals surface area contributed by atoms with E-state index in [9.17, 15) is 0 Å². The molecule has 2 heteroatoms. The number of benzene rings is 2. The fourth-order valence-corrected chi connectivity index (χ4v) is 2.38. The topological polar surface area (TPSA) is 26.0 Å². The first kappa shape index (κ1) is 12.2. The molecule has 88 valence electrons. The zero-order valence-electron chi connectivity index (χ0n) is 9.88. The molecule has 0 fully saturated rings. The molecule has 0 heterocycles. The monoisotopic (exact) mass is 243 g/mol. The Morgan fingerprint density at radius 1 is 0.882 bits per heavy atom. The first-order valence-electron chi connectivity index (χ1n) is 5.74. The van der Waals surface area contributed by atoms with Gasteiger partial charge in [0.15, 0.2) is 0 Å². The summed E-state index contributed by atoms with van der Waals surface area (Å²) in [5.74, 6) is 0. The zero-order chi connectivity index (χ0) is 12.3. The summed E-state index contributed by atoms with van der Waals surface area (Å²) >= 11 is 4.87. The second kappa shape index (κ2) is 4.94. The van der Waals surface area contributed by atoms with Crippen molar-refractivity contribution in [1.82, 2.24) is 0 Å². The Morgan fingerprint density at radius 2 is 1.24 bits per heavy atom. The average molecular weight is 243 g/mol. The average Bonchev–Trinajstić information content (AvgIpc) is 2.39. The van der Waals surface area contributed by atoms with Gasteiger partial charge < -0.3 is 5.73 Å². The van der Waals surface area contributed by atoms with Crippen LogP contribution in [0.1, 0.15) is 18.1 Å². The fraction of sp³-hybridized carbons (Fsp3) is 0.200. The third kappa shape index (κ3) is 2.24. The van der Waals surface area contributed by atoms with Crippen LogP contribution in [0.2, 0.25) is 0 Å². The molecule has 0 aliphatic carbocycles. The van der Waals surface area contributed by atoms with Crippen LogP contribution in [0.15, 0.2) is 60.7 Å². The standard InChI is InChI=1S/C15H17NS/c1-12(16)15(17,13-8-4-2-5-9-13)14-10-6-3-7-11-14/h2-12,17H,16H2,1H3. The predicted octanol–water partition coefficient (Wildman–Crippen LogP) is 3.21. The molecule has 0 amide bonds. The van der Waals surface area contributed by atoms with Gasteiger partial charge in [-0.2, -0.15) is 12.6 Å². The van der Waals surface area contributed by atoms with E-state index in [0.717, 1.165) is 11.1 Å². The van der Waals surface area contributed by atoms with Gasteiger partial charge in [0, 0.05) is 6.04 Å². The van der Waals surface area contributed by atoms with E-state index in [1.165, 1.54) is 0 Å². The lowest BCUT2D eigenvalue weighted by atomic mass is 9.85. The Balaban J connectivity index is 2.55. The van der Waals surface area contributed by atoms with Gasteiger partial charge in [-0.15, -0.1) is 0 Å². The highest BCUT2D eigenvalue weighted by molar-refractivity contribution is 7.81. The Morgan fingerprint density at radius 3 is 1.53 bits per heavy atom. The van der Waals surface area contributed by atoms with E-state index in [0.29, 0.717) is 0 Å². The lowest BCUT2D eigenvalue weighted by molar-refractivity contribution is 0.599. The van der Waals surface area contributed by atoms with Crippen LogP contribution in [-0.2, 0) is 4.75 Å². The minimum atomic E-state index is -0.442. The van der Waals surface area contributed by atoms with Crippen LogP contribution in [0.3, 0.4) is 0 Å². The summed E-state index contributed by atoms with van der Waals surface area (Å²) in [5.41, 5.74) is 8.42. The summed E-state index contributed by atoms with van der Waals surface area (Å²) < 4.78 is -0.442. The first-order valence-corrected chi connectivity index (χ1v) is 6.19. The zero-order valence-corrected chi connectivity index (χ0v) is 10.8. The van der Waals surface area contributed by atoms with Gasteiger partial charge in [-0.05, 0) is 18.1 Å². The predicted molar refractivity (Wildman–Crippen MR) is 76.3 cm³/mol. The normalized spacial score (nSPS) is 13.4. The molecule has 2 N–H and O–H groups in total. The van der Waals surface area contributed by atoms with Crippen LogP contribution in [0.5, 0.6) is 0 Å². The van der Waals surface area contributed by atoms with E-state index in [-0.39, 0.29) is 6.04 Å². The molecule has 0 bridgehead atoms. The van der Waals surface area contributed by atoms with Gasteiger partial charge in [0.2, 0.25) is 0 Å². The smallest absolute Gasteiger partial charge is 0.0774 e. The molecular formula is C15H17NS. The Kier molecular flexibility index (Phi) is 3.55. The molecule has 0 saturated carbocycles. The van der Waals surface area contributed by atoms with Crippen molar-refractivity contribution in [2.45, 2.75) is 17.7 Å².